The topological polar surface area (TPSA) is 110 Å². The standard InChI is InChI=1S/C14H15ClN4O4/c1-14(21,9-6-17-18(2)7-9)8-16-13(20)11-5-10(19(22)23)3-4-12(11)15/h3-7,21H,8H2,1-2H3,(H,16,20). The van der Waals surface area contributed by atoms with Gasteiger partial charge in [0.1, 0.15) is 5.60 Å². The molecule has 0 aliphatic carbocycles. The number of halogens is 1. The maximum absolute atomic E-state index is 12.2. The van der Waals surface area contributed by atoms with Gasteiger partial charge in [0, 0.05) is 30.9 Å². The number of rotatable bonds is 5. The van der Waals surface area contributed by atoms with Gasteiger partial charge in [-0.15, -0.1) is 0 Å². The second-order valence-electron chi connectivity index (χ2n) is 5.28. The molecule has 122 valence electrons. The number of non-ortho nitro benzene ring substituents is 1. The largest absolute Gasteiger partial charge is 0.383 e. The molecule has 0 saturated carbocycles. The monoisotopic (exact) mass is 338 g/mol. The molecular weight excluding hydrogens is 324 g/mol. The Morgan fingerprint density at radius 1 is 1.57 bits per heavy atom. The SMILES string of the molecule is Cn1cc(C(C)(O)CNC(=O)c2cc([N+](=O)[O-])ccc2Cl)cn1. The van der Waals surface area contributed by atoms with Crippen LogP contribution >= 0.6 is 11.6 Å². The van der Waals surface area contributed by atoms with Gasteiger partial charge in [0.15, 0.2) is 0 Å². The molecule has 1 atom stereocenters. The van der Waals surface area contributed by atoms with E-state index in [-0.39, 0.29) is 22.8 Å². The number of aromatic nitrogens is 2. The molecule has 1 unspecified atom stereocenters. The number of carbonyl (C=O) groups excluding carboxylic acids is 1. The Balaban J connectivity index is 2.13. The summed E-state index contributed by atoms with van der Waals surface area (Å²) in [5.41, 5.74) is -1.07. The fourth-order valence-corrected chi connectivity index (χ4v) is 2.15. The molecular formula is C14H15ClN4O4. The van der Waals surface area contributed by atoms with Crippen molar-refractivity contribution in [1.29, 1.82) is 0 Å². The van der Waals surface area contributed by atoms with Crippen molar-refractivity contribution < 1.29 is 14.8 Å². The van der Waals surface area contributed by atoms with Gasteiger partial charge in [-0.1, -0.05) is 11.6 Å². The first-order valence-electron chi connectivity index (χ1n) is 6.64. The second kappa shape index (κ2) is 6.35. The lowest BCUT2D eigenvalue weighted by atomic mass is 9.99. The van der Waals surface area contributed by atoms with E-state index in [9.17, 15) is 20.0 Å². The third-order valence-corrected chi connectivity index (χ3v) is 3.65. The van der Waals surface area contributed by atoms with Gasteiger partial charge in [0.05, 0.1) is 28.3 Å². The van der Waals surface area contributed by atoms with Crippen LogP contribution in [0, 0.1) is 10.1 Å². The molecule has 9 heteroatoms. The summed E-state index contributed by atoms with van der Waals surface area (Å²) in [6, 6.07) is 3.59. The van der Waals surface area contributed by atoms with Crippen LogP contribution in [0.2, 0.25) is 5.02 Å². The average molecular weight is 339 g/mol. The molecule has 0 aliphatic heterocycles. The van der Waals surface area contributed by atoms with Crippen LogP contribution in [0.5, 0.6) is 0 Å². The van der Waals surface area contributed by atoms with E-state index in [2.05, 4.69) is 10.4 Å². The summed E-state index contributed by atoms with van der Waals surface area (Å²) in [6.07, 6.45) is 3.12. The molecule has 1 amide bonds. The summed E-state index contributed by atoms with van der Waals surface area (Å²) in [6.45, 7) is 1.43. The minimum Gasteiger partial charge on any atom is -0.383 e. The summed E-state index contributed by atoms with van der Waals surface area (Å²) < 4.78 is 1.53. The Morgan fingerprint density at radius 2 is 2.26 bits per heavy atom. The van der Waals surface area contributed by atoms with Crippen LogP contribution < -0.4 is 5.32 Å². The van der Waals surface area contributed by atoms with Crippen LogP contribution in [0.15, 0.2) is 30.6 Å². The molecule has 1 heterocycles. The van der Waals surface area contributed by atoms with E-state index >= 15 is 0 Å². The van der Waals surface area contributed by atoms with Crippen molar-refractivity contribution in [2.45, 2.75) is 12.5 Å². The minimum atomic E-state index is -1.34. The number of nitro benzene ring substituents is 1. The van der Waals surface area contributed by atoms with E-state index in [0.29, 0.717) is 5.56 Å². The van der Waals surface area contributed by atoms with Crippen LogP contribution in [0.25, 0.3) is 0 Å². The quantitative estimate of drug-likeness (QED) is 0.635. The number of aryl methyl sites for hydroxylation is 1. The molecule has 2 rings (SSSR count). The van der Waals surface area contributed by atoms with Gasteiger partial charge in [-0.3, -0.25) is 19.6 Å². The lowest BCUT2D eigenvalue weighted by molar-refractivity contribution is -0.384. The summed E-state index contributed by atoms with van der Waals surface area (Å²) in [7, 11) is 1.71. The number of nitrogens with one attached hydrogen (secondary N) is 1. The molecule has 2 N–H and O–H groups in total. The molecule has 0 fully saturated rings. The average Bonchev–Trinajstić information content (AvgIpc) is 2.92. The van der Waals surface area contributed by atoms with Gasteiger partial charge in [0.25, 0.3) is 11.6 Å². The Hall–Kier alpha value is -2.45. The van der Waals surface area contributed by atoms with Crippen molar-refractivity contribution in [2.24, 2.45) is 7.05 Å². The lowest BCUT2D eigenvalue weighted by Crippen LogP contribution is -2.38. The van der Waals surface area contributed by atoms with E-state index in [4.69, 9.17) is 11.6 Å². The zero-order chi connectivity index (χ0) is 17.2. The molecule has 8 nitrogen and oxygen atoms in total. The number of hydrogen-bond acceptors (Lipinski definition) is 5. The number of nitro groups is 1. The number of carbonyl (C=O) groups is 1. The van der Waals surface area contributed by atoms with Crippen LogP contribution in [0.3, 0.4) is 0 Å². The number of amides is 1. The first kappa shape index (κ1) is 16.9. The molecule has 0 radical (unpaired) electrons. The van der Waals surface area contributed by atoms with Crippen LogP contribution in [-0.2, 0) is 12.6 Å². The van der Waals surface area contributed by atoms with Crippen molar-refractivity contribution in [3.8, 4) is 0 Å². The highest BCUT2D eigenvalue weighted by Gasteiger charge is 2.26. The molecule has 1 aromatic heterocycles. The minimum absolute atomic E-state index is 0.0251. The van der Waals surface area contributed by atoms with Gasteiger partial charge >= 0.3 is 0 Å². The van der Waals surface area contributed by atoms with Crippen molar-refractivity contribution >= 4 is 23.2 Å². The Morgan fingerprint density at radius 3 is 2.83 bits per heavy atom. The van der Waals surface area contributed by atoms with Crippen LogP contribution in [0.1, 0.15) is 22.8 Å². The summed E-state index contributed by atoms with van der Waals surface area (Å²) in [5, 5.41) is 27.7. The van der Waals surface area contributed by atoms with E-state index in [1.807, 2.05) is 0 Å². The van der Waals surface area contributed by atoms with Gasteiger partial charge in [-0.25, -0.2) is 0 Å². The molecule has 2 aromatic rings. The Kier molecular flexibility index (Phi) is 4.67. The smallest absolute Gasteiger partial charge is 0.270 e. The molecule has 0 spiro atoms. The first-order chi connectivity index (χ1) is 10.7. The third-order valence-electron chi connectivity index (χ3n) is 3.33. The van der Waals surface area contributed by atoms with Gasteiger partial charge in [-0.2, -0.15) is 5.10 Å². The van der Waals surface area contributed by atoms with Crippen molar-refractivity contribution in [2.75, 3.05) is 6.54 Å². The van der Waals surface area contributed by atoms with E-state index in [1.165, 1.54) is 29.9 Å². The van der Waals surface area contributed by atoms with Crippen molar-refractivity contribution in [1.82, 2.24) is 15.1 Å². The molecule has 0 aliphatic rings. The zero-order valence-corrected chi connectivity index (χ0v) is 13.2. The second-order valence-corrected chi connectivity index (χ2v) is 5.69. The highest BCUT2D eigenvalue weighted by atomic mass is 35.5. The normalized spacial score (nSPS) is 13.4. The van der Waals surface area contributed by atoms with Crippen LogP contribution in [-0.4, -0.2) is 32.3 Å². The van der Waals surface area contributed by atoms with Gasteiger partial charge < -0.3 is 10.4 Å². The molecule has 1 aromatic carbocycles. The lowest BCUT2D eigenvalue weighted by Gasteiger charge is -2.22. The number of hydrogen-bond donors (Lipinski definition) is 2. The zero-order valence-electron chi connectivity index (χ0n) is 12.5. The van der Waals surface area contributed by atoms with E-state index in [1.54, 1.807) is 13.2 Å². The maximum Gasteiger partial charge on any atom is 0.270 e. The Labute approximate surface area is 136 Å². The fraction of sp³-hybridized carbons (Fsp3) is 0.286. The van der Waals surface area contributed by atoms with Gasteiger partial charge in [0.2, 0.25) is 0 Å². The highest BCUT2D eigenvalue weighted by molar-refractivity contribution is 6.33. The summed E-state index contributed by atoms with van der Waals surface area (Å²) in [4.78, 5) is 22.3. The molecule has 23 heavy (non-hydrogen) atoms. The predicted octanol–water partition coefficient (Wildman–Crippen LogP) is 1.62. The maximum atomic E-state index is 12.2. The van der Waals surface area contributed by atoms with E-state index < -0.39 is 16.4 Å². The first-order valence-corrected chi connectivity index (χ1v) is 7.02. The van der Waals surface area contributed by atoms with Crippen molar-refractivity contribution in [3.05, 3.63) is 56.9 Å². The van der Waals surface area contributed by atoms with Crippen molar-refractivity contribution in [3.63, 3.8) is 0 Å². The predicted molar refractivity (Wildman–Crippen MR) is 83.2 cm³/mol. The summed E-state index contributed by atoms with van der Waals surface area (Å²) in [5.74, 6) is -0.608. The summed E-state index contributed by atoms with van der Waals surface area (Å²) >= 11 is 5.91. The highest BCUT2D eigenvalue weighted by Crippen LogP contribution is 2.23. The van der Waals surface area contributed by atoms with E-state index in [0.717, 1.165) is 6.07 Å². The molecule has 0 bridgehead atoms. The Bertz CT molecular complexity index is 757. The number of benzene rings is 1. The van der Waals surface area contributed by atoms with Gasteiger partial charge in [-0.05, 0) is 13.0 Å². The third kappa shape index (κ3) is 3.85. The fourth-order valence-electron chi connectivity index (χ4n) is 1.95. The number of nitrogens with zero attached hydrogens (tertiary/aromatic N) is 3. The van der Waals surface area contributed by atoms with Crippen LogP contribution in [0.4, 0.5) is 5.69 Å². The number of aliphatic hydroxyl groups is 1. The molecule has 0 saturated heterocycles.